The molecule has 1 saturated heterocycles. The van der Waals surface area contributed by atoms with E-state index in [2.05, 4.69) is 26.3 Å². The fourth-order valence-electron chi connectivity index (χ4n) is 4.40. The highest BCUT2D eigenvalue weighted by atomic mass is 19.1. The van der Waals surface area contributed by atoms with Crippen LogP contribution in [0.15, 0.2) is 60.8 Å². The van der Waals surface area contributed by atoms with Crippen LogP contribution >= 0.6 is 0 Å². The minimum absolute atomic E-state index is 0.303. The third-order valence-corrected chi connectivity index (χ3v) is 6.11. The van der Waals surface area contributed by atoms with Gasteiger partial charge >= 0.3 is 11.9 Å². The van der Waals surface area contributed by atoms with E-state index in [0.717, 1.165) is 29.6 Å². The van der Waals surface area contributed by atoms with E-state index in [1.165, 1.54) is 49.2 Å². The van der Waals surface area contributed by atoms with Gasteiger partial charge in [-0.25, -0.2) is 19.0 Å². The summed E-state index contributed by atoms with van der Waals surface area (Å²) in [6.45, 7) is 2.19. The number of rotatable bonds is 5. The highest BCUT2D eigenvalue weighted by molar-refractivity contribution is 6.04. The Morgan fingerprint density at radius 3 is 2.50 bits per heavy atom. The number of benzene rings is 1. The van der Waals surface area contributed by atoms with Crippen LogP contribution in [0, 0.1) is 5.82 Å². The number of hydrogen-bond donors (Lipinski definition) is 4. The molecule has 1 fully saturated rings. The van der Waals surface area contributed by atoms with E-state index in [9.17, 15) is 18.8 Å². The number of carbonyl (C=O) groups is 3. The van der Waals surface area contributed by atoms with Crippen LogP contribution < -0.4 is 5.32 Å². The molecule has 4 heterocycles. The Balaban J connectivity index is 0.000000331. The van der Waals surface area contributed by atoms with Crippen LogP contribution in [0.4, 0.5) is 10.2 Å². The number of pyridine rings is 1. The van der Waals surface area contributed by atoms with E-state index in [4.69, 9.17) is 10.2 Å². The molecule has 3 aromatic rings. The zero-order valence-corrected chi connectivity index (χ0v) is 19.3. The third kappa shape index (κ3) is 6.02. The summed E-state index contributed by atoms with van der Waals surface area (Å²) >= 11 is 0. The molecule has 4 N–H and O–H groups in total. The fourth-order valence-corrected chi connectivity index (χ4v) is 4.40. The van der Waals surface area contributed by atoms with E-state index in [0.29, 0.717) is 29.6 Å². The summed E-state index contributed by atoms with van der Waals surface area (Å²) in [4.78, 5) is 42.0. The maximum Gasteiger partial charge on any atom is 0.328 e. The maximum atomic E-state index is 13.1. The maximum absolute atomic E-state index is 13.1. The van der Waals surface area contributed by atoms with Gasteiger partial charge in [0.1, 0.15) is 11.6 Å². The predicted octanol–water partition coefficient (Wildman–Crippen LogP) is 3.92. The van der Waals surface area contributed by atoms with Crippen molar-refractivity contribution in [2.24, 2.45) is 0 Å². The Bertz CT molecular complexity index is 1330. The summed E-state index contributed by atoms with van der Waals surface area (Å²) in [5, 5.41) is 18.4. The first-order valence-electron chi connectivity index (χ1n) is 11.4. The lowest BCUT2D eigenvalue weighted by Crippen LogP contribution is -2.32. The van der Waals surface area contributed by atoms with Crippen molar-refractivity contribution in [1.29, 1.82) is 0 Å². The zero-order valence-electron chi connectivity index (χ0n) is 19.3. The number of H-pyrrole nitrogens is 1. The normalized spacial score (nSPS) is 17.2. The Labute approximate surface area is 206 Å². The van der Waals surface area contributed by atoms with Gasteiger partial charge in [0.25, 0.3) is 5.91 Å². The number of amides is 1. The number of anilines is 1. The van der Waals surface area contributed by atoms with Gasteiger partial charge in [-0.15, -0.1) is 0 Å². The molecular formula is C26H25FN4O5. The number of aliphatic carboxylic acids is 2. The first kappa shape index (κ1) is 24.8. The van der Waals surface area contributed by atoms with Gasteiger partial charge in [-0.1, -0.05) is 6.08 Å². The smallest absolute Gasteiger partial charge is 0.328 e. The summed E-state index contributed by atoms with van der Waals surface area (Å²) in [6, 6.07) is 9.81. The highest BCUT2D eigenvalue weighted by Gasteiger charge is 2.28. The number of fused-ring (bicyclic) bond motifs is 2. The quantitative estimate of drug-likeness (QED) is 0.397. The van der Waals surface area contributed by atoms with Gasteiger partial charge in [-0.05, 0) is 67.8 Å². The average Bonchev–Trinajstić information content (AvgIpc) is 3.49. The third-order valence-electron chi connectivity index (χ3n) is 6.11. The lowest BCUT2D eigenvalue weighted by atomic mass is 9.95. The molecule has 1 aromatic carbocycles. The molecule has 2 aromatic heterocycles. The highest BCUT2D eigenvalue weighted by Crippen LogP contribution is 2.34. The first-order chi connectivity index (χ1) is 17.3. The van der Waals surface area contributed by atoms with Crippen LogP contribution in [0.3, 0.4) is 0 Å². The van der Waals surface area contributed by atoms with Crippen molar-refractivity contribution in [3.63, 3.8) is 0 Å². The summed E-state index contributed by atoms with van der Waals surface area (Å²) in [5.74, 6) is -2.70. The molecule has 1 amide bonds. The predicted molar refractivity (Wildman–Crippen MR) is 132 cm³/mol. The van der Waals surface area contributed by atoms with E-state index in [-0.39, 0.29) is 11.7 Å². The second kappa shape index (κ2) is 11.0. The van der Waals surface area contributed by atoms with Crippen molar-refractivity contribution in [2.45, 2.75) is 25.3 Å². The molecule has 5 rings (SSSR count). The molecule has 0 spiro atoms. The topological polar surface area (TPSA) is 136 Å². The Morgan fingerprint density at radius 1 is 1.08 bits per heavy atom. The number of carboxylic acid groups (broad SMARTS) is 2. The number of carbonyl (C=O) groups excluding carboxylic acids is 1. The SMILES string of the molecule is O=C(Nc1ccc2[nH]cc(C3=CCN4CCCC4C3)c2n1)c1ccc(F)cc1.O=C(O)/C=C/C(=O)O. The average molecular weight is 493 g/mol. The van der Waals surface area contributed by atoms with Crippen LogP contribution in [0.2, 0.25) is 0 Å². The largest absolute Gasteiger partial charge is 0.478 e. The monoisotopic (exact) mass is 492 g/mol. The number of hydrogen-bond acceptors (Lipinski definition) is 5. The molecule has 2 aliphatic rings. The lowest BCUT2D eigenvalue weighted by Gasteiger charge is -2.28. The van der Waals surface area contributed by atoms with Crippen molar-refractivity contribution in [3.05, 3.63) is 77.8 Å². The van der Waals surface area contributed by atoms with Crippen LogP contribution in [0.5, 0.6) is 0 Å². The molecule has 1 atom stereocenters. The summed E-state index contributed by atoms with van der Waals surface area (Å²) in [7, 11) is 0. The summed E-state index contributed by atoms with van der Waals surface area (Å²) in [6.07, 6.45) is 9.00. The van der Waals surface area contributed by atoms with Crippen LogP contribution in [0.1, 0.15) is 35.2 Å². The van der Waals surface area contributed by atoms with Crippen molar-refractivity contribution in [2.75, 3.05) is 18.4 Å². The van der Waals surface area contributed by atoms with Crippen LogP contribution in [-0.2, 0) is 9.59 Å². The zero-order chi connectivity index (χ0) is 25.7. The molecule has 186 valence electrons. The molecular weight excluding hydrogens is 467 g/mol. The van der Waals surface area contributed by atoms with Gasteiger partial charge in [0, 0.05) is 42.1 Å². The molecule has 9 nitrogen and oxygen atoms in total. The van der Waals surface area contributed by atoms with Gasteiger partial charge < -0.3 is 20.5 Å². The number of nitrogens with one attached hydrogen (secondary N) is 2. The number of aromatic nitrogens is 2. The molecule has 0 bridgehead atoms. The van der Waals surface area contributed by atoms with Crippen molar-refractivity contribution in [3.8, 4) is 0 Å². The Morgan fingerprint density at radius 2 is 1.81 bits per heavy atom. The number of aromatic amines is 1. The molecule has 0 radical (unpaired) electrons. The molecule has 0 aliphatic carbocycles. The molecule has 10 heteroatoms. The minimum atomic E-state index is -1.26. The van der Waals surface area contributed by atoms with Gasteiger partial charge in [-0.3, -0.25) is 9.69 Å². The van der Waals surface area contributed by atoms with Crippen LogP contribution in [-0.4, -0.2) is 62.1 Å². The second-order valence-electron chi connectivity index (χ2n) is 8.49. The minimum Gasteiger partial charge on any atom is -0.478 e. The van der Waals surface area contributed by atoms with E-state index < -0.39 is 11.9 Å². The van der Waals surface area contributed by atoms with Crippen molar-refractivity contribution in [1.82, 2.24) is 14.9 Å². The van der Waals surface area contributed by atoms with E-state index in [1.807, 2.05) is 12.3 Å². The fraction of sp³-hybridized carbons (Fsp3) is 0.231. The van der Waals surface area contributed by atoms with E-state index >= 15 is 0 Å². The van der Waals surface area contributed by atoms with Gasteiger partial charge in [0.05, 0.1) is 11.0 Å². The number of halogens is 1. The molecule has 2 aliphatic heterocycles. The molecule has 1 unspecified atom stereocenters. The Hall–Kier alpha value is -4.31. The van der Waals surface area contributed by atoms with Gasteiger partial charge in [-0.2, -0.15) is 0 Å². The molecule has 36 heavy (non-hydrogen) atoms. The number of carboxylic acids is 2. The molecule has 0 saturated carbocycles. The summed E-state index contributed by atoms with van der Waals surface area (Å²) in [5.41, 5.74) is 4.65. The standard InChI is InChI=1S/C22H21FN4O.C4H4O4/c23-16-5-3-14(4-6-16)22(28)26-20-8-7-19-21(25-20)18(13-24-19)15-9-11-27-10-1-2-17(27)12-15;5-3(6)1-2-4(7)8/h3-9,13,17,24H,1-2,10-12H2,(H,25,26,28);1-2H,(H,5,6)(H,7,8)/b;2-1+. The Kier molecular flexibility index (Phi) is 7.55. The van der Waals surface area contributed by atoms with Crippen molar-refractivity contribution < 1.29 is 29.0 Å². The summed E-state index contributed by atoms with van der Waals surface area (Å²) < 4.78 is 13.1. The van der Waals surface area contributed by atoms with Crippen molar-refractivity contribution >= 4 is 40.3 Å². The van der Waals surface area contributed by atoms with Gasteiger partial charge in [0.15, 0.2) is 0 Å². The van der Waals surface area contributed by atoms with E-state index in [1.54, 1.807) is 6.07 Å². The first-order valence-corrected chi connectivity index (χ1v) is 11.4. The van der Waals surface area contributed by atoms with Crippen LogP contribution in [0.25, 0.3) is 16.6 Å². The number of nitrogens with zero attached hydrogens (tertiary/aromatic N) is 2. The van der Waals surface area contributed by atoms with Gasteiger partial charge in [0.2, 0.25) is 0 Å². The lowest BCUT2D eigenvalue weighted by molar-refractivity contribution is -0.134. The second-order valence-corrected chi connectivity index (χ2v) is 8.49.